The molecule has 0 aliphatic rings. The fourth-order valence-corrected chi connectivity index (χ4v) is 4.34. The topological polar surface area (TPSA) is 91.8 Å². The maximum atomic E-state index is 12.3. The summed E-state index contributed by atoms with van der Waals surface area (Å²) < 4.78 is 32.9. The number of nitrogens with one attached hydrogen (secondary N) is 3. The summed E-state index contributed by atoms with van der Waals surface area (Å²) in [4.78, 5) is 4.21. The third kappa shape index (κ3) is 10.3. The summed E-state index contributed by atoms with van der Waals surface area (Å²) in [6.45, 7) is 7.20. The Balaban J connectivity index is 0.00000480. The summed E-state index contributed by atoms with van der Waals surface area (Å²) in [5.41, 5.74) is 2.86. The van der Waals surface area contributed by atoms with Crippen LogP contribution < -0.4 is 20.1 Å². The predicted molar refractivity (Wildman–Crippen MR) is 138 cm³/mol. The van der Waals surface area contributed by atoms with Crippen molar-refractivity contribution in [3.8, 4) is 5.75 Å². The number of nitrogens with zero attached hydrogens (tertiary/aromatic N) is 1. The number of guanidine groups is 1. The lowest BCUT2D eigenvalue weighted by Crippen LogP contribution is -2.39. The zero-order valence-electron chi connectivity index (χ0n) is 18.5. The number of hydrogen-bond acceptors (Lipinski definition) is 4. The van der Waals surface area contributed by atoms with Crippen LogP contribution in [0.2, 0.25) is 0 Å². The second-order valence-electron chi connectivity index (χ2n) is 7.31. The van der Waals surface area contributed by atoms with Gasteiger partial charge in [0.05, 0.1) is 12.3 Å². The summed E-state index contributed by atoms with van der Waals surface area (Å²) in [7, 11) is -1.69. The molecule has 31 heavy (non-hydrogen) atoms. The molecular weight excluding hydrogens is 527 g/mol. The number of ether oxygens (including phenoxy) is 1. The molecule has 0 amide bonds. The van der Waals surface area contributed by atoms with Crippen molar-refractivity contribution in [2.45, 2.75) is 39.1 Å². The molecule has 7 nitrogen and oxygen atoms in total. The quantitative estimate of drug-likeness (QED) is 0.180. The van der Waals surface area contributed by atoms with Crippen LogP contribution in [0.25, 0.3) is 0 Å². The molecular formula is C22H33IN4O3S. The largest absolute Gasteiger partial charge is 0.492 e. The first-order valence-electron chi connectivity index (χ1n) is 10.00. The summed E-state index contributed by atoms with van der Waals surface area (Å²) in [5, 5.41) is 6.43. The van der Waals surface area contributed by atoms with Crippen molar-refractivity contribution in [1.29, 1.82) is 0 Å². The Morgan fingerprint density at radius 2 is 1.68 bits per heavy atom. The van der Waals surface area contributed by atoms with Gasteiger partial charge in [0, 0.05) is 19.6 Å². The Kier molecular flexibility index (Phi) is 11.9. The van der Waals surface area contributed by atoms with Crippen molar-refractivity contribution >= 4 is 40.0 Å². The van der Waals surface area contributed by atoms with Gasteiger partial charge in [-0.1, -0.05) is 42.0 Å². The third-order valence-corrected chi connectivity index (χ3v) is 5.75. The van der Waals surface area contributed by atoms with E-state index in [0.717, 1.165) is 16.9 Å². The summed E-state index contributed by atoms with van der Waals surface area (Å²) >= 11 is 0. The fraction of sp³-hybridized carbons (Fsp3) is 0.409. The highest BCUT2D eigenvalue weighted by atomic mass is 127. The normalized spacial score (nSPS) is 11.7. The Hall–Kier alpha value is -1.85. The lowest BCUT2D eigenvalue weighted by Gasteiger charge is -2.15. The Labute approximate surface area is 203 Å². The van der Waals surface area contributed by atoms with E-state index in [1.54, 1.807) is 7.05 Å². The molecule has 9 heteroatoms. The van der Waals surface area contributed by atoms with Crippen LogP contribution in [-0.2, 0) is 22.3 Å². The van der Waals surface area contributed by atoms with E-state index in [9.17, 15) is 8.42 Å². The first-order chi connectivity index (χ1) is 14.3. The average Bonchev–Trinajstić information content (AvgIpc) is 2.68. The Bertz CT molecular complexity index is 932. The smallest absolute Gasteiger partial charge is 0.216 e. The molecule has 0 atom stereocenters. The van der Waals surface area contributed by atoms with Gasteiger partial charge in [-0.2, -0.15) is 0 Å². The SMILES string of the molecule is CN=C(NCCOc1ccc(C)cc1)NCc1ccccc1CS(=O)(=O)NC(C)C.I. The third-order valence-electron chi connectivity index (χ3n) is 4.23. The van der Waals surface area contributed by atoms with Gasteiger partial charge < -0.3 is 15.4 Å². The number of aliphatic imine (C=N–C) groups is 1. The van der Waals surface area contributed by atoms with Gasteiger partial charge in [0.25, 0.3) is 0 Å². The van der Waals surface area contributed by atoms with Crippen molar-refractivity contribution < 1.29 is 13.2 Å². The molecule has 0 heterocycles. The van der Waals surface area contributed by atoms with Gasteiger partial charge in [0.15, 0.2) is 5.96 Å². The summed E-state index contributed by atoms with van der Waals surface area (Å²) in [6.07, 6.45) is 0. The van der Waals surface area contributed by atoms with Crippen molar-refractivity contribution in [2.24, 2.45) is 4.99 Å². The van der Waals surface area contributed by atoms with Gasteiger partial charge in [-0.3, -0.25) is 4.99 Å². The Morgan fingerprint density at radius 3 is 2.29 bits per heavy atom. The lowest BCUT2D eigenvalue weighted by atomic mass is 10.1. The molecule has 0 saturated carbocycles. The standard InChI is InChI=1S/C22H32N4O3S.HI/c1-17(2)26-30(27,28)16-20-8-6-5-7-19(20)15-25-22(23-4)24-13-14-29-21-11-9-18(3)10-12-21;/h5-12,17,26H,13-16H2,1-4H3,(H2,23,24,25);1H. The van der Waals surface area contributed by atoms with E-state index in [1.165, 1.54) is 5.56 Å². The predicted octanol–water partition coefficient (Wildman–Crippen LogP) is 3.18. The van der Waals surface area contributed by atoms with E-state index in [2.05, 4.69) is 20.3 Å². The minimum Gasteiger partial charge on any atom is -0.492 e. The van der Waals surface area contributed by atoms with E-state index in [1.807, 2.05) is 69.3 Å². The molecule has 0 unspecified atom stereocenters. The van der Waals surface area contributed by atoms with Crippen LogP contribution in [0.15, 0.2) is 53.5 Å². The molecule has 0 aliphatic carbocycles. The molecule has 0 bridgehead atoms. The molecule has 172 valence electrons. The van der Waals surface area contributed by atoms with Crippen LogP contribution in [-0.4, -0.2) is 40.6 Å². The molecule has 0 fully saturated rings. The van der Waals surface area contributed by atoms with Gasteiger partial charge in [-0.05, 0) is 44.0 Å². The summed E-state index contributed by atoms with van der Waals surface area (Å²) in [6, 6.07) is 15.3. The van der Waals surface area contributed by atoms with E-state index in [0.29, 0.717) is 25.7 Å². The summed E-state index contributed by atoms with van der Waals surface area (Å²) in [5.74, 6) is 1.40. The van der Waals surface area contributed by atoms with Crippen LogP contribution in [0, 0.1) is 6.92 Å². The van der Waals surface area contributed by atoms with Crippen molar-refractivity contribution in [3.63, 3.8) is 0 Å². The first-order valence-corrected chi connectivity index (χ1v) is 11.6. The first kappa shape index (κ1) is 27.2. The lowest BCUT2D eigenvalue weighted by molar-refractivity contribution is 0.322. The van der Waals surface area contributed by atoms with Crippen LogP contribution in [0.4, 0.5) is 0 Å². The minimum absolute atomic E-state index is 0. The van der Waals surface area contributed by atoms with Gasteiger partial charge in [-0.25, -0.2) is 13.1 Å². The zero-order valence-corrected chi connectivity index (χ0v) is 21.7. The van der Waals surface area contributed by atoms with Gasteiger partial charge in [0.2, 0.25) is 10.0 Å². The van der Waals surface area contributed by atoms with Crippen molar-refractivity contribution in [1.82, 2.24) is 15.4 Å². The van der Waals surface area contributed by atoms with E-state index >= 15 is 0 Å². The second kappa shape index (κ2) is 13.5. The fourth-order valence-electron chi connectivity index (χ4n) is 2.85. The molecule has 2 rings (SSSR count). The maximum absolute atomic E-state index is 12.3. The number of rotatable bonds is 10. The molecule has 0 saturated heterocycles. The number of benzene rings is 2. The van der Waals surface area contributed by atoms with E-state index in [-0.39, 0.29) is 35.8 Å². The van der Waals surface area contributed by atoms with E-state index < -0.39 is 10.0 Å². The van der Waals surface area contributed by atoms with Gasteiger partial charge in [-0.15, -0.1) is 24.0 Å². The van der Waals surface area contributed by atoms with Crippen LogP contribution in [0.3, 0.4) is 0 Å². The number of halogens is 1. The number of hydrogen-bond donors (Lipinski definition) is 3. The molecule has 3 N–H and O–H groups in total. The molecule has 0 spiro atoms. The average molecular weight is 561 g/mol. The van der Waals surface area contributed by atoms with Crippen LogP contribution in [0.1, 0.15) is 30.5 Å². The number of aryl methyl sites for hydroxylation is 1. The highest BCUT2D eigenvalue weighted by molar-refractivity contribution is 14.0. The Morgan fingerprint density at radius 1 is 1.03 bits per heavy atom. The number of sulfonamides is 1. The highest BCUT2D eigenvalue weighted by Crippen LogP contribution is 2.13. The van der Waals surface area contributed by atoms with Crippen LogP contribution >= 0.6 is 24.0 Å². The van der Waals surface area contributed by atoms with E-state index in [4.69, 9.17) is 4.74 Å². The molecule has 0 radical (unpaired) electrons. The second-order valence-corrected chi connectivity index (χ2v) is 9.07. The molecule has 0 aliphatic heterocycles. The zero-order chi connectivity index (χ0) is 22.0. The molecule has 2 aromatic rings. The van der Waals surface area contributed by atoms with Crippen molar-refractivity contribution in [3.05, 3.63) is 65.2 Å². The van der Waals surface area contributed by atoms with Gasteiger partial charge in [0.1, 0.15) is 12.4 Å². The van der Waals surface area contributed by atoms with Crippen LogP contribution in [0.5, 0.6) is 5.75 Å². The maximum Gasteiger partial charge on any atom is 0.216 e. The molecule has 2 aromatic carbocycles. The highest BCUT2D eigenvalue weighted by Gasteiger charge is 2.15. The molecule has 0 aromatic heterocycles. The monoisotopic (exact) mass is 560 g/mol. The van der Waals surface area contributed by atoms with Crippen molar-refractivity contribution in [2.75, 3.05) is 20.2 Å². The van der Waals surface area contributed by atoms with Gasteiger partial charge >= 0.3 is 0 Å². The minimum atomic E-state index is -3.39.